The van der Waals surface area contributed by atoms with Gasteiger partial charge < -0.3 is 10.4 Å². The van der Waals surface area contributed by atoms with E-state index in [1.807, 2.05) is 20.8 Å². The topological polar surface area (TPSA) is 49.3 Å². The first-order chi connectivity index (χ1) is 7.77. The van der Waals surface area contributed by atoms with Crippen LogP contribution in [0.25, 0.3) is 0 Å². The fraction of sp³-hybridized carbons (Fsp3) is 0.417. The van der Waals surface area contributed by atoms with E-state index in [2.05, 4.69) is 5.32 Å². The zero-order valence-corrected chi connectivity index (χ0v) is 11.5. The lowest BCUT2D eigenvalue weighted by molar-refractivity contribution is -0.124. The lowest BCUT2D eigenvalue weighted by atomic mass is 9.89. The third-order valence-corrected chi connectivity index (χ3v) is 3.40. The number of benzene rings is 1. The Labute approximate surface area is 111 Å². The summed E-state index contributed by atoms with van der Waals surface area (Å²) in [5.41, 5.74) is -0.0748. The Morgan fingerprint density at radius 1 is 1.35 bits per heavy atom. The lowest BCUT2D eigenvalue weighted by Gasteiger charge is -2.22. The summed E-state index contributed by atoms with van der Waals surface area (Å²) in [7, 11) is 0. The average molecular weight is 276 g/mol. The number of aromatic hydroxyl groups is 1. The maximum absolute atomic E-state index is 11.9. The maximum Gasteiger partial charge on any atom is 0.230 e. The summed E-state index contributed by atoms with van der Waals surface area (Å²) in [5, 5.41) is 12.4. The minimum absolute atomic E-state index is 0.107. The number of amides is 1. The highest BCUT2D eigenvalue weighted by atomic mass is 35.5. The lowest BCUT2D eigenvalue weighted by Crippen LogP contribution is -2.30. The number of carbonyl (C=O) groups is 1. The van der Waals surface area contributed by atoms with Gasteiger partial charge in [-0.25, -0.2) is 0 Å². The van der Waals surface area contributed by atoms with Gasteiger partial charge in [-0.15, -0.1) is 0 Å². The van der Waals surface area contributed by atoms with E-state index in [0.29, 0.717) is 12.1 Å². The van der Waals surface area contributed by atoms with Crippen LogP contribution in [0.3, 0.4) is 0 Å². The predicted molar refractivity (Wildman–Crippen MR) is 70.8 cm³/mol. The van der Waals surface area contributed by atoms with Gasteiger partial charge in [-0.05, 0) is 12.5 Å². The Morgan fingerprint density at radius 3 is 2.47 bits per heavy atom. The monoisotopic (exact) mass is 275 g/mol. The van der Waals surface area contributed by atoms with Crippen molar-refractivity contribution >= 4 is 34.8 Å². The van der Waals surface area contributed by atoms with E-state index in [1.54, 1.807) is 0 Å². The number of carbonyl (C=O) groups excluding carboxylic acids is 1. The smallest absolute Gasteiger partial charge is 0.230 e. The van der Waals surface area contributed by atoms with Crippen LogP contribution in [0.15, 0.2) is 12.1 Å². The van der Waals surface area contributed by atoms with Gasteiger partial charge in [0, 0.05) is 11.5 Å². The van der Waals surface area contributed by atoms with Gasteiger partial charge in [-0.2, -0.15) is 0 Å². The maximum atomic E-state index is 11.9. The first kappa shape index (κ1) is 14.1. The van der Waals surface area contributed by atoms with Gasteiger partial charge in [-0.3, -0.25) is 4.79 Å². The molecule has 0 bridgehead atoms. The number of halogens is 2. The van der Waals surface area contributed by atoms with Crippen molar-refractivity contribution in [3.63, 3.8) is 0 Å². The van der Waals surface area contributed by atoms with Crippen molar-refractivity contribution < 1.29 is 9.90 Å². The number of nitrogens with one attached hydrogen (secondary N) is 1. The summed E-state index contributed by atoms with van der Waals surface area (Å²) in [6.07, 6.45) is 0.711. The van der Waals surface area contributed by atoms with Crippen LogP contribution in [0.2, 0.25) is 10.0 Å². The van der Waals surface area contributed by atoms with Crippen LogP contribution in [0.5, 0.6) is 5.75 Å². The first-order valence-electron chi connectivity index (χ1n) is 5.27. The minimum Gasteiger partial charge on any atom is -0.506 e. The van der Waals surface area contributed by atoms with Gasteiger partial charge in [0.25, 0.3) is 0 Å². The largest absolute Gasteiger partial charge is 0.506 e. The molecule has 94 valence electrons. The van der Waals surface area contributed by atoms with Gasteiger partial charge in [0.1, 0.15) is 5.75 Å². The highest BCUT2D eigenvalue weighted by Crippen LogP contribution is 2.34. The van der Waals surface area contributed by atoms with Gasteiger partial charge >= 0.3 is 0 Å². The van der Waals surface area contributed by atoms with E-state index in [-0.39, 0.29) is 21.7 Å². The predicted octanol–water partition coefficient (Wildman–Crippen LogP) is 4.07. The molecule has 0 aromatic heterocycles. The van der Waals surface area contributed by atoms with Crippen molar-refractivity contribution in [2.45, 2.75) is 27.2 Å². The molecule has 2 N–H and O–H groups in total. The molecule has 1 aromatic carbocycles. The van der Waals surface area contributed by atoms with Crippen LogP contribution < -0.4 is 5.32 Å². The Morgan fingerprint density at radius 2 is 1.94 bits per heavy atom. The van der Waals surface area contributed by atoms with Crippen LogP contribution in [-0.2, 0) is 4.79 Å². The van der Waals surface area contributed by atoms with Crippen LogP contribution >= 0.6 is 23.2 Å². The molecule has 1 aromatic rings. The third-order valence-electron chi connectivity index (χ3n) is 2.78. The number of phenols is 1. The number of phenolic OH excluding ortho intramolecular Hbond substituents is 1. The number of hydrogen-bond acceptors (Lipinski definition) is 2. The summed E-state index contributed by atoms with van der Waals surface area (Å²) in [5.74, 6) is -0.243. The molecule has 5 heteroatoms. The van der Waals surface area contributed by atoms with Gasteiger partial charge in [0.2, 0.25) is 5.91 Å². The van der Waals surface area contributed by atoms with Crippen LogP contribution in [-0.4, -0.2) is 11.0 Å². The number of rotatable bonds is 3. The molecule has 0 aliphatic heterocycles. The van der Waals surface area contributed by atoms with E-state index >= 15 is 0 Å². The summed E-state index contributed by atoms with van der Waals surface area (Å²) in [4.78, 5) is 11.9. The molecule has 0 aliphatic rings. The summed E-state index contributed by atoms with van der Waals surface area (Å²) >= 11 is 11.7. The molecule has 0 spiro atoms. The molecule has 0 aliphatic carbocycles. The molecule has 0 atom stereocenters. The van der Waals surface area contributed by atoms with Crippen molar-refractivity contribution in [2.75, 3.05) is 5.32 Å². The van der Waals surface area contributed by atoms with E-state index in [1.165, 1.54) is 12.1 Å². The molecule has 3 nitrogen and oxygen atoms in total. The van der Waals surface area contributed by atoms with Crippen LogP contribution in [0.4, 0.5) is 5.69 Å². The van der Waals surface area contributed by atoms with Gasteiger partial charge in [0.05, 0.1) is 15.7 Å². The molecule has 0 heterocycles. The standard InChI is InChI=1S/C12H15Cl2NO2/c1-4-12(2,3)11(17)15-9-5-8(14)10(16)6-7(9)13/h5-6,16H,4H2,1-3H3,(H,15,17). The van der Waals surface area contributed by atoms with E-state index < -0.39 is 5.41 Å². The van der Waals surface area contributed by atoms with Crippen molar-refractivity contribution in [3.05, 3.63) is 22.2 Å². The molecular weight excluding hydrogens is 261 g/mol. The van der Waals surface area contributed by atoms with Crippen LogP contribution in [0.1, 0.15) is 27.2 Å². The average Bonchev–Trinajstić information content (AvgIpc) is 2.25. The van der Waals surface area contributed by atoms with Gasteiger partial charge in [0.15, 0.2) is 0 Å². The molecule has 17 heavy (non-hydrogen) atoms. The third kappa shape index (κ3) is 3.27. The van der Waals surface area contributed by atoms with Crippen molar-refractivity contribution in [1.82, 2.24) is 0 Å². The molecule has 0 fully saturated rings. The second-order valence-electron chi connectivity index (χ2n) is 4.48. The van der Waals surface area contributed by atoms with Crippen molar-refractivity contribution in [3.8, 4) is 5.75 Å². The second kappa shape index (κ2) is 5.15. The number of anilines is 1. The Bertz CT molecular complexity index is 444. The minimum atomic E-state index is -0.478. The SMILES string of the molecule is CCC(C)(C)C(=O)Nc1cc(Cl)c(O)cc1Cl. The summed E-state index contributed by atoms with van der Waals surface area (Å²) < 4.78 is 0. The molecule has 0 radical (unpaired) electrons. The normalized spacial score (nSPS) is 11.4. The molecule has 0 unspecified atom stereocenters. The van der Waals surface area contributed by atoms with E-state index in [0.717, 1.165) is 0 Å². The molecular formula is C12H15Cl2NO2. The summed E-state index contributed by atoms with van der Waals surface area (Å²) in [6, 6.07) is 2.74. The highest BCUT2D eigenvalue weighted by molar-refractivity contribution is 6.36. The van der Waals surface area contributed by atoms with Crippen molar-refractivity contribution in [2.24, 2.45) is 5.41 Å². The zero-order valence-electron chi connectivity index (χ0n) is 9.97. The molecule has 1 amide bonds. The second-order valence-corrected chi connectivity index (χ2v) is 5.29. The number of hydrogen-bond donors (Lipinski definition) is 2. The van der Waals surface area contributed by atoms with Gasteiger partial charge in [-0.1, -0.05) is 44.0 Å². The fourth-order valence-corrected chi connectivity index (χ4v) is 1.45. The van der Waals surface area contributed by atoms with Crippen LogP contribution in [0, 0.1) is 5.41 Å². The molecule has 0 saturated heterocycles. The quantitative estimate of drug-likeness (QED) is 0.817. The highest BCUT2D eigenvalue weighted by Gasteiger charge is 2.26. The molecule has 1 rings (SSSR count). The van der Waals surface area contributed by atoms with E-state index in [4.69, 9.17) is 23.2 Å². The zero-order chi connectivity index (χ0) is 13.2. The fourth-order valence-electron chi connectivity index (χ4n) is 1.08. The first-order valence-corrected chi connectivity index (χ1v) is 6.03. The molecule has 0 saturated carbocycles. The van der Waals surface area contributed by atoms with Crippen molar-refractivity contribution in [1.29, 1.82) is 0 Å². The Balaban J connectivity index is 2.97. The van der Waals surface area contributed by atoms with E-state index in [9.17, 15) is 9.90 Å². The summed E-state index contributed by atoms with van der Waals surface area (Å²) in [6.45, 7) is 5.63. The Hall–Kier alpha value is -0.930. The Kier molecular flexibility index (Phi) is 4.28.